The Morgan fingerprint density at radius 2 is 0.724 bits per heavy atom. The maximum Gasteiger partial charge on any atom is 0.180 e. The Labute approximate surface area is 444 Å². The molecule has 76 heavy (non-hydrogen) atoms. The molecule has 12 aromatic carbocycles. The standard InChI is InChI=1S/C72H50N2Si2/c1-6-26-53(27-7-1)75(54-28-8-2-9-29-54,55-30-10-3-11-31-55)58-36-22-25-52(50-58)73-66-43-19-16-38-61(66)65-42-24-45-68(72(65)73)74-67-44-20-17-37-60(67)64-41-23-40-59(71(64)74)51-47-48-63-62-39-18-21-46-69(62)76(70(63)49-51,56-32-12-4-13-33-56)57-34-14-5-15-35-57/h1-50H. The number of benzene rings is 12. The molecule has 0 bridgehead atoms. The van der Waals surface area contributed by atoms with Gasteiger partial charge in [0.15, 0.2) is 16.1 Å². The highest BCUT2D eigenvalue weighted by molar-refractivity contribution is 7.22. The Morgan fingerprint density at radius 3 is 1.34 bits per heavy atom. The molecule has 3 heterocycles. The van der Waals surface area contributed by atoms with E-state index in [9.17, 15) is 0 Å². The van der Waals surface area contributed by atoms with Gasteiger partial charge in [0.25, 0.3) is 0 Å². The van der Waals surface area contributed by atoms with Gasteiger partial charge in [-0.15, -0.1) is 0 Å². The molecule has 0 saturated carbocycles. The third-order valence-electron chi connectivity index (χ3n) is 16.5. The van der Waals surface area contributed by atoms with Gasteiger partial charge in [0.2, 0.25) is 0 Å². The molecule has 0 aliphatic carbocycles. The van der Waals surface area contributed by atoms with Gasteiger partial charge in [0.05, 0.1) is 27.8 Å². The molecule has 0 saturated heterocycles. The van der Waals surface area contributed by atoms with Gasteiger partial charge in [0, 0.05) is 32.8 Å². The fraction of sp³-hybridized carbons (Fsp3) is 0. The number of hydrogen-bond donors (Lipinski definition) is 0. The van der Waals surface area contributed by atoms with Crippen LogP contribution in [-0.4, -0.2) is 25.3 Å². The molecule has 1 aliphatic rings. The summed E-state index contributed by atoms with van der Waals surface area (Å²) in [5.74, 6) is 0. The first-order chi connectivity index (χ1) is 37.7. The normalized spacial score (nSPS) is 12.8. The van der Waals surface area contributed by atoms with E-state index in [0.717, 1.165) is 11.4 Å². The van der Waals surface area contributed by atoms with Crippen LogP contribution in [0.15, 0.2) is 303 Å². The second-order valence-corrected chi connectivity index (χ2v) is 27.8. The molecule has 0 N–H and O–H groups in total. The summed E-state index contributed by atoms with van der Waals surface area (Å²) in [4.78, 5) is 0. The van der Waals surface area contributed by atoms with Crippen LogP contribution in [0.1, 0.15) is 0 Å². The SMILES string of the molecule is c1ccc([Si](c2ccccc2)(c2ccccc2)c2cccc(-n3c4ccccc4c4cccc(-n5c6ccccc6c6cccc(-c7ccc8c(c7)[Si](c7ccccc7)(c7ccccc7)c7ccccc7-8)c65)c43)c2)cc1. The first-order valence-electron chi connectivity index (χ1n) is 26.4. The highest BCUT2D eigenvalue weighted by Crippen LogP contribution is 2.43. The summed E-state index contributed by atoms with van der Waals surface area (Å²) in [6, 6.07) is 114. The van der Waals surface area contributed by atoms with Gasteiger partial charge in [-0.25, -0.2) is 0 Å². The van der Waals surface area contributed by atoms with Crippen LogP contribution in [0, 0.1) is 0 Å². The van der Waals surface area contributed by atoms with Crippen LogP contribution in [0.3, 0.4) is 0 Å². The van der Waals surface area contributed by atoms with Crippen LogP contribution in [0.5, 0.6) is 0 Å². The van der Waals surface area contributed by atoms with Crippen molar-refractivity contribution in [3.05, 3.63) is 303 Å². The molecule has 0 atom stereocenters. The van der Waals surface area contributed by atoms with Crippen LogP contribution in [0.25, 0.3) is 77.2 Å². The highest BCUT2D eigenvalue weighted by atomic mass is 28.3. The number of rotatable bonds is 9. The van der Waals surface area contributed by atoms with Crippen molar-refractivity contribution in [1.29, 1.82) is 0 Å². The summed E-state index contributed by atoms with van der Waals surface area (Å²) in [5, 5.41) is 16.0. The molecule has 0 unspecified atom stereocenters. The van der Waals surface area contributed by atoms with E-state index in [2.05, 4.69) is 312 Å². The molecule has 356 valence electrons. The Balaban J connectivity index is 1.01. The summed E-state index contributed by atoms with van der Waals surface area (Å²) in [5.41, 5.74) is 12.1. The molecule has 0 amide bonds. The zero-order valence-electron chi connectivity index (χ0n) is 41.8. The van der Waals surface area contributed by atoms with Crippen molar-refractivity contribution in [3.63, 3.8) is 0 Å². The van der Waals surface area contributed by atoms with Crippen LogP contribution >= 0.6 is 0 Å². The average molecular weight is 999 g/mol. The molecule has 0 spiro atoms. The van der Waals surface area contributed by atoms with Gasteiger partial charge in [-0.3, -0.25) is 0 Å². The molecule has 0 fully saturated rings. The summed E-state index contributed by atoms with van der Waals surface area (Å²) in [6.45, 7) is 0. The first-order valence-corrected chi connectivity index (χ1v) is 30.4. The predicted molar refractivity (Wildman–Crippen MR) is 327 cm³/mol. The molecule has 2 aromatic heterocycles. The summed E-state index contributed by atoms with van der Waals surface area (Å²) in [7, 11) is -5.62. The van der Waals surface area contributed by atoms with E-state index in [4.69, 9.17) is 0 Å². The molecule has 0 radical (unpaired) electrons. The quantitative estimate of drug-likeness (QED) is 0.101. The van der Waals surface area contributed by atoms with Crippen molar-refractivity contribution in [1.82, 2.24) is 9.13 Å². The Kier molecular flexibility index (Phi) is 10.3. The number of aromatic nitrogens is 2. The zero-order chi connectivity index (χ0) is 50.2. The predicted octanol–water partition coefficient (Wildman–Crippen LogP) is 12.3. The second kappa shape index (κ2) is 17.7. The number of para-hydroxylation sites is 4. The number of nitrogens with zero attached hydrogens (tertiary/aromatic N) is 2. The molecule has 4 heteroatoms. The molecular formula is C72H50N2Si2. The third kappa shape index (κ3) is 6.38. The molecule has 2 nitrogen and oxygen atoms in total. The lowest BCUT2D eigenvalue weighted by molar-refractivity contribution is 1.13. The van der Waals surface area contributed by atoms with Crippen molar-refractivity contribution in [2.24, 2.45) is 0 Å². The first kappa shape index (κ1) is 44.2. The summed E-state index contributed by atoms with van der Waals surface area (Å²) >= 11 is 0. The number of hydrogen-bond acceptors (Lipinski definition) is 0. The van der Waals surface area contributed by atoms with Gasteiger partial charge in [-0.05, 0) is 88.5 Å². The van der Waals surface area contributed by atoms with Gasteiger partial charge in [-0.1, -0.05) is 273 Å². The van der Waals surface area contributed by atoms with Gasteiger partial charge < -0.3 is 9.13 Å². The maximum absolute atomic E-state index is 2.86. The van der Waals surface area contributed by atoms with Gasteiger partial charge in [0.1, 0.15) is 0 Å². The Hall–Kier alpha value is -9.33. The van der Waals surface area contributed by atoms with E-state index in [1.54, 1.807) is 0 Å². The van der Waals surface area contributed by atoms with Crippen molar-refractivity contribution >= 4 is 101 Å². The molecular weight excluding hydrogens is 949 g/mol. The largest absolute Gasteiger partial charge is 0.307 e. The van der Waals surface area contributed by atoms with E-state index < -0.39 is 16.1 Å². The fourth-order valence-corrected chi connectivity index (χ4v) is 23.5. The lowest BCUT2D eigenvalue weighted by Gasteiger charge is -2.34. The minimum Gasteiger partial charge on any atom is -0.307 e. The van der Waals surface area contributed by atoms with Gasteiger partial charge in [-0.2, -0.15) is 0 Å². The summed E-state index contributed by atoms with van der Waals surface area (Å²) in [6.07, 6.45) is 0. The second-order valence-electron chi connectivity index (χ2n) is 20.3. The zero-order valence-corrected chi connectivity index (χ0v) is 43.8. The van der Waals surface area contributed by atoms with E-state index in [1.165, 1.54) is 107 Å². The summed E-state index contributed by atoms with van der Waals surface area (Å²) < 4.78 is 5.14. The molecule has 15 rings (SSSR count). The van der Waals surface area contributed by atoms with E-state index in [-0.39, 0.29) is 0 Å². The average Bonchev–Trinajstić information content (AvgIpc) is 4.24. The van der Waals surface area contributed by atoms with Crippen LogP contribution in [0.4, 0.5) is 0 Å². The fourth-order valence-electron chi connectivity index (χ4n) is 13.5. The lowest BCUT2D eigenvalue weighted by Crippen LogP contribution is -2.74. The molecule has 14 aromatic rings. The monoisotopic (exact) mass is 998 g/mol. The van der Waals surface area contributed by atoms with Crippen LogP contribution in [0.2, 0.25) is 0 Å². The van der Waals surface area contributed by atoms with E-state index in [1.807, 2.05) is 0 Å². The number of fused-ring (bicyclic) bond motifs is 9. The minimum absolute atomic E-state index is 1.14. The van der Waals surface area contributed by atoms with Crippen LogP contribution < -0.4 is 41.5 Å². The Bertz CT molecular complexity index is 4370. The Morgan fingerprint density at radius 1 is 0.276 bits per heavy atom. The molecule has 1 aliphatic heterocycles. The highest BCUT2D eigenvalue weighted by Gasteiger charge is 2.49. The van der Waals surface area contributed by atoms with Crippen molar-refractivity contribution in [2.75, 3.05) is 0 Å². The van der Waals surface area contributed by atoms with E-state index >= 15 is 0 Å². The van der Waals surface area contributed by atoms with Crippen LogP contribution in [-0.2, 0) is 0 Å². The van der Waals surface area contributed by atoms with Crippen molar-refractivity contribution in [3.8, 4) is 33.6 Å². The smallest absolute Gasteiger partial charge is 0.180 e. The van der Waals surface area contributed by atoms with Crippen molar-refractivity contribution < 1.29 is 0 Å². The minimum atomic E-state index is -2.86. The van der Waals surface area contributed by atoms with Crippen molar-refractivity contribution in [2.45, 2.75) is 0 Å². The topological polar surface area (TPSA) is 9.86 Å². The third-order valence-corrected chi connectivity index (χ3v) is 26.2. The van der Waals surface area contributed by atoms with E-state index in [0.29, 0.717) is 0 Å². The van der Waals surface area contributed by atoms with Gasteiger partial charge >= 0.3 is 0 Å². The lowest BCUT2D eigenvalue weighted by atomic mass is 9.98. The maximum atomic E-state index is 2.58.